The summed E-state index contributed by atoms with van der Waals surface area (Å²) in [6, 6.07) is 0. The van der Waals surface area contributed by atoms with Crippen LogP contribution >= 0.6 is 34.4 Å². The summed E-state index contributed by atoms with van der Waals surface area (Å²) in [6.45, 7) is 2.73. The third-order valence-corrected chi connectivity index (χ3v) is 5.50. The predicted octanol–water partition coefficient (Wildman–Crippen LogP) is 2.43. The van der Waals surface area contributed by atoms with Gasteiger partial charge in [-0.25, -0.2) is 9.97 Å². The number of thioether (sulfide) groups is 1. The summed E-state index contributed by atoms with van der Waals surface area (Å²) in [5.74, 6) is 0.850. The molecule has 2 rings (SSSR count). The third-order valence-electron chi connectivity index (χ3n) is 3.03. The van der Waals surface area contributed by atoms with Crippen molar-refractivity contribution in [1.29, 1.82) is 0 Å². The minimum Gasteiger partial charge on any atom is -0.356 e. The molecule has 0 aliphatic rings. The zero-order valence-corrected chi connectivity index (χ0v) is 16.1. The molecule has 130 valence electrons. The van der Waals surface area contributed by atoms with Crippen molar-refractivity contribution >= 4 is 46.2 Å². The first kappa shape index (κ1) is 18.9. The standard InChI is InChI=1S/C15H20N4O2S3/c1-10(20)16-6-4-13-18-12(9-23-13)15-19-11(8-24-15)14(21)17-5-3-7-22-2/h8-9H,3-7H2,1-2H3,(H,16,20)(H,17,21). The van der Waals surface area contributed by atoms with Gasteiger partial charge in [0.1, 0.15) is 16.4 Å². The van der Waals surface area contributed by atoms with Crippen LogP contribution in [0.3, 0.4) is 0 Å². The van der Waals surface area contributed by atoms with Gasteiger partial charge in [-0.3, -0.25) is 9.59 Å². The number of carbonyl (C=O) groups excluding carboxylic acids is 2. The molecule has 0 saturated heterocycles. The number of carbonyl (C=O) groups is 2. The van der Waals surface area contributed by atoms with E-state index in [9.17, 15) is 9.59 Å². The Bertz CT molecular complexity index is 684. The molecule has 6 nitrogen and oxygen atoms in total. The van der Waals surface area contributed by atoms with Crippen LogP contribution in [0, 0.1) is 0 Å². The Morgan fingerprint density at radius 1 is 1.17 bits per heavy atom. The Labute approximate surface area is 153 Å². The zero-order valence-electron chi connectivity index (χ0n) is 13.6. The summed E-state index contributed by atoms with van der Waals surface area (Å²) >= 11 is 4.71. The fourth-order valence-electron chi connectivity index (χ4n) is 1.87. The van der Waals surface area contributed by atoms with Crippen LogP contribution in [-0.2, 0) is 11.2 Å². The summed E-state index contributed by atoms with van der Waals surface area (Å²) in [7, 11) is 0. The molecule has 0 aromatic carbocycles. The van der Waals surface area contributed by atoms with Crippen LogP contribution in [0.15, 0.2) is 10.8 Å². The lowest BCUT2D eigenvalue weighted by molar-refractivity contribution is -0.118. The Kier molecular flexibility index (Phi) is 7.67. The Morgan fingerprint density at radius 2 is 2.00 bits per heavy atom. The average molecular weight is 385 g/mol. The van der Waals surface area contributed by atoms with Gasteiger partial charge >= 0.3 is 0 Å². The molecule has 0 saturated carbocycles. The lowest BCUT2D eigenvalue weighted by Gasteiger charge is -2.01. The van der Waals surface area contributed by atoms with Crippen molar-refractivity contribution in [1.82, 2.24) is 20.6 Å². The molecular formula is C15H20N4O2S3. The van der Waals surface area contributed by atoms with Crippen LogP contribution in [0.1, 0.15) is 28.8 Å². The van der Waals surface area contributed by atoms with Gasteiger partial charge in [0.05, 0.1) is 5.01 Å². The second-order valence-electron chi connectivity index (χ2n) is 5.00. The molecule has 0 aliphatic heterocycles. The maximum absolute atomic E-state index is 12.0. The zero-order chi connectivity index (χ0) is 17.4. The molecule has 2 N–H and O–H groups in total. The van der Waals surface area contributed by atoms with Crippen molar-refractivity contribution in [2.45, 2.75) is 19.8 Å². The smallest absolute Gasteiger partial charge is 0.270 e. The number of hydrogen-bond acceptors (Lipinski definition) is 7. The van der Waals surface area contributed by atoms with E-state index in [-0.39, 0.29) is 11.8 Å². The maximum atomic E-state index is 12.0. The van der Waals surface area contributed by atoms with Gasteiger partial charge in [0, 0.05) is 37.2 Å². The average Bonchev–Trinajstić information content (AvgIpc) is 3.20. The molecular weight excluding hydrogens is 364 g/mol. The molecule has 2 heterocycles. The first-order chi connectivity index (χ1) is 11.6. The molecule has 0 spiro atoms. The lowest BCUT2D eigenvalue weighted by atomic mass is 10.4. The number of rotatable bonds is 9. The SMILES string of the molecule is CSCCCNC(=O)c1csc(-c2csc(CCNC(C)=O)n2)n1. The molecule has 0 radical (unpaired) electrons. The quantitative estimate of drug-likeness (QED) is 0.649. The van der Waals surface area contributed by atoms with Crippen LogP contribution in [0.2, 0.25) is 0 Å². The second-order valence-corrected chi connectivity index (χ2v) is 7.79. The third kappa shape index (κ3) is 5.88. The van der Waals surface area contributed by atoms with Gasteiger partial charge in [0.2, 0.25) is 5.91 Å². The fraction of sp³-hybridized carbons (Fsp3) is 0.467. The van der Waals surface area contributed by atoms with E-state index in [1.165, 1.54) is 29.6 Å². The van der Waals surface area contributed by atoms with Crippen molar-refractivity contribution in [2.24, 2.45) is 0 Å². The molecule has 9 heteroatoms. The highest BCUT2D eigenvalue weighted by Gasteiger charge is 2.13. The highest BCUT2D eigenvalue weighted by Crippen LogP contribution is 2.25. The van der Waals surface area contributed by atoms with Gasteiger partial charge in [-0.05, 0) is 18.4 Å². The van der Waals surface area contributed by atoms with Crippen molar-refractivity contribution < 1.29 is 9.59 Å². The van der Waals surface area contributed by atoms with Crippen molar-refractivity contribution in [2.75, 3.05) is 25.1 Å². The van der Waals surface area contributed by atoms with E-state index in [1.807, 2.05) is 11.6 Å². The van der Waals surface area contributed by atoms with E-state index >= 15 is 0 Å². The molecule has 0 bridgehead atoms. The van der Waals surface area contributed by atoms with E-state index in [2.05, 4.69) is 20.6 Å². The summed E-state index contributed by atoms with van der Waals surface area (Å²) in [6.07, 6.45) is 3.69. The van der Waals surface area contributed by atoms with Crippen LogP contribution in [0.25, 0.3) is 10.7 Å². The van der Waals surface area contributed by atoms with Crippen LogP contribution < -0.4 is 10.6 Å². The monoisotopic (exact) mass is 384 g/mol. The number of nitrogens with zero attached hydrogens (tertiary/aromatic N) is 2. The van der Waals surface area contributed by atoms with Crippen LogP contribution in [-0.4, -0.2) is 46.9 Å². The van der Waals surface area contributed by atoms with Crippen LogP contribution in [0.4, 0.5) is 0 Å². The molecule has 2 amide bonds. The fourth-order valence-corrected chi connectivity index (χ4v) is 3.92. The Hall–Kier alpha value is -1.45. The summed E-state index contributed by atoms with van der Waals surface area (Å²) in [5, 5.41) is 11.0. The van der Waals surface area contributed by atoms with E-state index in [4.69, 9.17) is 0 Å². The number of aromatic nitrogens is 2. The molecule has 2 aromatic rings. The molecule has 0 unspecified atom stereocenters. The largest absolute Gasteiger partial charge is 0.356 e. The first-order valence-electron chi connectivity index (χ1n) is 7.52. The molecule has 0 atom stereocenters. The van der Waals surface area contributed by atoms with E-state index in [0.717, 1.165) is 27.9 Å². The van der Waals surface area contributed by atoms with Gasteiger partial charge in [-0.1, -0.05) is 0 Å². The number of thiazole rings is 2. The highest BCUT2D eigenvalue weighted by molar-refractivity contribution is 7.98. The van der Waals surface area contributed by atoms with E-state index in [1.54, 1.807) is 17.1 Å². The van der Waals surface area contributed by atoms with Crippen molar-refractivity contribution in [3.63, 3.8) is 0 Å². The Morgan fingerprint density at radius 3 is 2.75 bits per heavy atom. The van der Waals surface area contributed by atoms with Gasteiger partial charge in [0.15, 0.2) is 0 Å². The van der Waals surface area contributed by atoms with Gasteiger partial charge in [-0.15, -0.1) is 22.7 Å². The Balaban J connectivity index is 1.89. The summed E-state index contributed by atoms with van der Waals surface area (Å²) < 4.78 is 0. The van der Waals surface area contributed by atoms with Gasteiger partial charge in [-0.2, -0.15) is 11.8 Å². The van der Waals surface area contributed by atoms with Crippen LogP contribution in [0.5, 0.6) is 0 Å². The van der Waals surface area contributed by atoms with E-state index < -0.39 is 0 Å². The second kappa shape index (κ2) is 9.75. The molecule has 2 aromatic heterocycles. The van der Waals surface area contributed by atoms with Gasteiger partial charge < -0.3 is 10.6 Å². The highest BCUT2D eigenvalue weighted by atomic mass is 32.2. The molecule has 0 fully saturated rings. The minimum absolute atomic E-state index is 0.0418. The molecule has 0 aliphatic carbocycles. The van der Waals surface area contributed by atoms with Crippen molar-refractivity contribution in [3.8, 4) is 10.7 Å². The number of amides is 2. The topological polar surface area (TPSA) is 84.0 Å². The number of hydrogen-bond donors (Lipinski definition) is 2. The normalized spacial score (nSPS) is 10.6. The number of nitrogens with one attached hydrogen (secondary N) is 2. The summed E-state index contributed by atoms with van der Waals surface area (Å²) in [4.78, 5) is 31.8. The van der Waals surface area contributed by atoms with Gasteiger partial charge in [0.25, 0.3) is 5.91 Å². The van der Waals surface area contributed by atoms with Crippen molar-refractivity contribution in [3.05, 3.63) is 21.5 Å². The predicted molar refractivity (Wildman–Crippen MR) is 101 cm³/mol. The summed E-state index contributed by atoms with van der Waals surface area (Å²) in [5.41, 5.74) is 1.22. The first-order valence-corrected chi connectivity index (χ1v) is 10.7. The van der Waals surface area contributed by atoms with E-state index in [0.29, 0.717) is 25.2 Å². The lowest BCUT2D eigenvalue weighted by Crippen LogP contribution is -2.25. The minimum atomic E-state index is -0.139. The molecule has 24 heavy (non-hydrogen) atoms. The maximum Gasteiger partial charge on any atom is 0.270 e.